The molecule has 2 aromatic rings. The summed E-state index contributed by atoms with van der Waals surface area (Å²) in [6.45, 7) is 0.435. The van der Waals surface area contributed by atoms with Crippen molar-refractivity contribution in [2.75, 3.05) is 6.54 Å². The van der Waals surface area contributed by atoms with Crippen LogP contribution in [0.5, 0.6) is 0 Å². The van der Waals surface area contributed by atoms with Gasteiger partial charge in [-0.2, -0.15) is 13.2 Å². The summed E-state index contributed by atoms with van der Waals surface area (Å²) in [4.78, 5) is 26.7. The van der Waals surface area contributed by atoms with Gasteiger partial charge in [0.1, 0.15) is 6.04 Å². The Kier molecular flexibility index (Phi) is 4.84. The number of carbonyl (C=O) groups is 2. The molecule has 0 spiro atoms. The number of primary amides is 1. The Morgan fingerprint density at radius 3 is 2.28 bits per heavy atom. The van der Waals surface area contributed by atoms with Crippen molar-refractivity contribution in [2.24, 2.45) is 11.7 Å². The molecule has 2 aliphatic rings. The maximum Gasteiger partial charge on any atom is 0.416 e. The molecule has 1 aliphatic carbocycles. The van der Waals surface area contributed by atoms with Crippen molar-refractivity contribution in [3.8, 4) is 0 Å². The van der Waals surface area contributed by atoms with Gasteiger partial charge in [0.15, 0.2) is 0 Å². The fourth-order valence-electron chi connectivity index (χ4n) is 4.38. The molecule has 1 atom stereocenters. The van der Waals surface area contributed by atoms with Gasteiger partial charge in [0.05, 0.1) is 5.56 Å². The number of hydrogen-bond acceptors (Lipinski definition) is 2. The first kappa shape index (κ1) is 19.5. The van der Waals surface area contributed by atoms with Gasteiger partial charge in [-0.1, -0.05) is 36.4 Å². The number of nitrogens with zero attached hydrogens (tertiary/aromatic N) is 1. The Hall–Kier alpha value is -2.83. The van der Waals surface area contributed by atoms with Gasteiger partial charge >= 0.3 is 6.18 Å². The van der Waals surface area contributed by atoms with Crippen molar-refractivity contribution in [3.05, 3.63) is 70.8 Å². The molecule has 1 heterocycles. The summed E-state index contributed by atoms with van der Waals surface area (Å²) < 4.78 is 38.1. The Morgan fingerprint density at radius 1 is 1.00 bits per heavy atom. The minimum Gasteiger partial charge on any atom is -0.368 e. The number of nitrogens with two attached hydrogens (primary N) is 1. The fourth-order valence-corrected chi connectivity index (χ4v) is 4.38. The molecule has 1 saturated carbocycles. The molecule has 29 heavy (non-hydrogen) atoms. The lowest BCUT2D eigenvalue weighted by atomic mass is 9.70. The zero-order valence-electron chi connectivity index (χ0n) is 15.7. The number of benzene rings is 2. The van der Waals surface area contributed by atoms with E-state index in [0.717, 1.165) is 28.8 Å². The first-order chi connectivity index (χ1) is 13.8. The molecule has 0 bridgehead atoms. The highest BCUT2D eigenvalue weighted by molar-refractivity contribution is 5.89. The van der Waals surface area contributed by atoms with E-state index in [1.54, 1.807) is 4.90 Å². The third kappa shape index (κ3) is 3.61. The average molecular weight is 402 g/mol. The molecule has 1 aliphatic heterocycles. The van der Waals surface area contributed by atoms with Gasteiger partial charge in [-0.05, 0) is 54.0 Å². The van der Waals surface area contributed by atoms with Crippen LogP contribution >= 0.6 is 0 Å². The monoisotopic (exact) mass is 402 g/mol. The predicted octanol–water partition coefficient (Wildman–Crippen LogP) is 3.81. The van der Waals surface area contributed by atoms with E-state index in [2.05, 4.69) is 0 Å². The van der Waals surface area contributed by atoms with E-state index in [4.69, 9.17) is 5.73 Å². The first-order valence-electron chi connectivity index (χ1n) is 9.60. The molecule has 1 fully saturated rings. The summed E-state index contributed by atoms with van der Waals surface area (Å²) >= 11 is 0. The van der Waals surface area contributed by atoms with Crippen LogP contribution in [0.4, 0.5) is 13.2 Å². The van der Waals surface area contributed by atoms with Gasteiger partial charge in [-0.3, -0.25) is 9.59 Å². The Bertz CT molecular complexity index is 934. The number of carbonyl (C=O) groups excluding carboxylic acids is 2. The van der Waals surface area contributed by atoms with Gasteiger partial charge in [-0.15, -0.1) is 0 Å². The van der Waals surface area contributed by atoms with Crippen LogP contribution in [-0.4, -0.2) is 23.3 Å². The Morgan fingerprint density at radius 2 is 1.66 bits per heavy atom. The molecule has 7 heteroatoms. The van der Waals surface area contributed by atoms with Crippen LogP contribution < -0.4 is 5.73 Å². The zero-order chi connectivity index (χ0) is 20.8. The van der Waals surface area contributed by atoms with Crippen molar-refractivity contribution >= 4 is 11.8 Å². The summed E-state index contributed by atoms with van der Waals surface area (Å²) in [5.41, 5.74) is 7.54. The van der Waals surface area contributed by atoms with Crippen LogP contribution in [0.3, 0.4) is 0 Å². The molecule has 4 rings (SSSR count). The van der Waals surface area contributed by atoms with E-state index in [1.807, 2.05) is 24.3 Å². The summed E-state index contributed by atoms with van der Waals surface area (Å²) in [5, 5.41) is 0. The Labute approximate surface area is 166 Å². The molecule has 0 aromatic heterocycles. The molecule has 2 amide bonds. The minimum absolute atomic E-state index is 0.0512. The number of fused-ring (bicyclic) bond motifs is 1. The summed E-state index contributed by atoms with van der Waals surface area (Å²) in [7, 11) is 0. The number of halogens is 3. The predicted molar refractivity (Wildman–Crippen MR) is 101 cm³/mol. The van der Waals surface area contributed by atoms with Crippen LogP contribution in [0.25, 0.3) is 0 Å². The molecule has 1 unspecified atom stereocenters. The zero-order valence-corrected chi connectivity index (χ0v) is 15.7. The second kappa shape index (κ2) is 7.21. The molecular weight excluding hydrogens is 381 g/mol. The second-order valence-electron chi connectivity index (χ2n) is 7.77. The van der Waals surface area contributed by atoms with Gasteiger partial charge in [0.25, 0.3) is 0 Å². The number of amides is 2. The molecule has 2 aromatic carbocycles. The fraction of sp³-hybridized carbons (Fsp3) is 0.364. The first-order valence-corrected chi connectivity index (χ1v) is 9.60. The smallest absolute Gasteiger partial charge is 0.368 e. The van der Waals surface area contributed by atoms with Gasteiger partial charge in [-0.25, -0.2) is 0 Å². The number of hydrogen-bond donors (Lipinski definition) is 1. The molecule has 2 N–H and O–H groups in total. The number of alkyl halides is 3. The van der Waals surface area contributed by atoms with Crippen LogP contribution in [0.2, 0.25) is 0 Å². The van der Waals surface area contributed by atoms with E-state index >= 15 is 0 Å². The third-order valence-corrected chi connectivity index (χ3v) is 6.03. The average Bonchev–Trinajstić information content (AvgIpc) is 2.65. The summed E-state index contributed by atoms with van der Waals surface area (Å²) in [6, 6.07) is 11.9. The maximum atomic E-state index is 13.0. The number of rotatable bonds is 3. The summed E-state index contributed by atoms with van der Waals surface area (Å²) in [5.74, 6) is -0.847. The van der Waals surface area contributed by atoms with E-state index in [9.17, 15) is 22.8 Å². The van der Waals surface area contributed by atoms with Gasteiger partial charge in [0.2, 0.25) is 11.8 Å². The molecule has 152 valence electrons. The SMILES string of the molecule is NC(=O)C1c2ccccc2CCN1C(=O)C1CC(c2ccc(C(F)(F)F)cc2)C1. The van der Waals surface area contributed by atoms with E-state index in [0.29, 0.717) is 25.8 Å². The van der Waals surface area contributed by atoms with Crippen LogP contribution in [-0.2, 0) is 22.2 Å². The van der Waals surface area contributed by atoms with Crippen LogP contribution in [0.1, 0.15) is 47.1 Å². The standard InChI is InChI=1S/C22H21F3N2O2/c23-22(24,25)17-7-5-13(6-8-17)15-11-16(12-15)21(29)27-10-9-14-3-1-2-4-18(14)19(27)20(26)28/h1-8,15-16,19H,9-12H2,(H2,26,28). The second-order valence-corrected chi connectivity index (χ2v) is 7.77. The molecule has 0 radical (unpaired) electrons. The molecular formula is C22H21F3N2O2. The van der Waals surface area contributed by atoms with Gasteiger partial charge in [0, 0.05) is 12.5 Å². The topological polar surface area (TPSA) is 63.4 Å². The van der Waals surface area contributed by atoms with Crippen LogP contribution in [0, 0.1) is 5.92 Å². The van der Waals surface area contributed by atoms with E-state index < -0.39 is 23.7 Å². The lowest BCUT2D eigenvalue weighted by molar-refractivity contribution is -0.146. The largest absolute Gasteiger partial charge is 0.416 e. The highest BCUT2D eigenvalue weighted by Crippen LogP contribution is 2.44. The minimum atomic E-state index is -4.36. The van der Waals surface area contributed by atoms with Crippen molar-refractivity contribution in [3.63, 3.8) is 0 Å². The quantitative estimate of drug-likeness (QED) is 0.849. The molecule has 0 saturated heterocycles. The lowest BCUT2D eigenvalue weighted by Crippen LogP contribution is -2.49. The van der Waals surface area contributed by atoms with Gasteiger partial charge < -0.3 is 10.6 Å². The van der Waals surface area contributed by atoms with Crippen molar-refractivity contribution in [2.45, 2.75) is 37.4 Å². The highest BCUT2D eigenvalue weighted by Gasteiger charge is 2.42. The normalized spacial score (nSPS) is 23.8. The highest BCUT2D eigenvalue weighted by atomic mass is 19.4. The van der Waals surface area contributed by atoms with Crippen molar-refractivity contribution < 1.29 is 22.8 Å². The van der Waals surface area contributed by atoms with E-state index in [-0.39, 0.29) is 17.7 Å². The molecule has 4 nitrogen and oxygen atoms in total. The Balaban J connectivity index is 1.45. The maximum absolute atomic E-state index is 13.0. The third-order valence-electron chi connectivity index (χ3n) is 6.03. The van der Waals surface area contributed by atoms with Crippen LogP contribution in [0.15, 0.2) is 48.5 Å². The van der Waals surface area contributed by atoms with Crippen molar-refractivity contribution in [1.29, 1.82) is 0 Å². The van der Waals surface area contributed by atoms with E-state index in [1.165, 1.54) is 12.1 Å². The summed E-state index contributed by atoms with van der Waals surface area (Å²) in [6.07, 6.45) is -2.56. The lowest BCUT2D eigenvalue weighted by Gasteiger charge is -2.42. The van der Waals surface area contributed by atoms with Crippen molar-refractivity contribution in [1.82, 2.24) is 4.90 Å².